The monoisotopic (exact) mass is 274 g/mol. The van der Waals surface area contributed by atoms with E-state index in [1.807, 2.05) is 6.07 Å². The summed E-state index contributed by atoms with van der Waals surface area (Å²) in [4.78, 5) is 0. The molecule has 1 rings (SSSR count). The van der Waals surface area contributed by atoms with Gasteiger partial charge in [-0.05, 0) is 24.1 Å². The van der Waals surface area contributed by atoms with Gasteiger partial charge in [-0.3, -0.25) is 0 Å². The molecule has 0 fully saturated rings. The van der Waals surface area contributed by atoms with Crippen LogP contribution in [0, 0.1) is 5.82 Å². The average Bonchev–Trinajstić information content (AvgIpc) is 2.26. The summed E-state index contributed by atoms with van der Waals surface area (Å²) in [6.45, 7) is 2.73. The number of hydrogen-bond acceptors (Lipinski definition) is 1. The first-order valence-electron chi connectivity index (χ1n) is 5.25. The highest BCUT2D eigenvalue weighted by molar-refractivity contribution is 9.08. The summed E-state index contributed by atoms with van der Waals surface area (Å²) < 4.78 is 18.7. The van der Waals surface area contributed by atoms with Gasteiger partial charge >= 0.3 is 0 Å². The van der Waals surface area contributed by atoms with Gasteiger partial charge in [-0.1, -0.05) is 41.8 Å². The number of benzene rings is 1. The fraction of sp³-hybridized carbons (Fsp3) is 0.500. The smallest absolute Gasteiger partial charge is 0.165 e. The van der Waals surface area contributed by atoms with Crippen LogP contribution in [-0.4, -0.2) is 6.61 Å². The molecule has 84 valence electrons. The predicted octanol–water partition coefficient (Wildman–Crippen LogP) is 4.29. The van der Waals surface area contributed by atoms with Crippen molar-refractivity contribution in [1.82, 2.24) is 0 Å². The Labute approximate surface area is 98.8 Å². The largest absolute Gasteiger partial charge is 0.491 e. The molecule has 0 amide bonds. The van der Waals surface area contributed by atoms with Crippen LogP contribution in [0.1, 0.15) is 31.7 Å². The van der Waals surface area contributed by atoms with Crippen molar-refractivity contribution in [1.29, 1.82) is 0 Å². The SMILES string of the molecule is CCCCCOc1ccc(CBr)cc1F. The molecule has 0 saturated carbocycles. The third kappa shape index (κ3) is 4.20. The van der Waals surface area contributed by atoms with Crippen molar-refractivity contribution in [2.75, 3.05) is 6.61 Å². The molecule has 15 heavy (non-hydrogen) atoms. The van der Waals surface area contributed by atoms with Crippen LogP contribution in [0.25, 0.3) is 0 Å². The number of rotatable bonds is 6. The molecule has 0 heterocycles. The minimum atomic E-state index is -0.275. The predicted molar refractivity (Wildman–Crippen MR) is 64.1 cm³/mol. The lowest BCUT2D eigenvalue weighted by molar-refractivity contribution is 0.291. The highest BCUT2D eigenvalue weighted by Gasteiger charge is 2.03. The van der Waals surface area contributed by atoms with E-state index < -0.39 is 0 Å². The summed E-state index contributed by atoms with van der Waals surface area (Å²) in [6, 6.07) is 5.06. The second-order valence-corrected chi connectivity index (χ2v) is 4.01. The van der Waals surface area contributed by atoms with E-state index in [1.54, 1.807) is 6.07 Å². The molecule has 0 bridgehead atoms. The van der Waals surface area contributed by atoms with Gasteiger partial charge in [0.1, 0.15) is 0 Å². The Hall–Kier alpha value is -0.570. The van der Waals surface area contributed by atoms with Crippen LogP contribution in [0.15, 0.2) is 18.2 Å². The second kappa shape index (κ2) is 6.83. The van der Waals surface area contributed by atoms with Crippen molar-refractivity contribution < 1.29 is 9.13 Å². The molecular weight excluding hydrogens is 259 g/mol. The van der Waals surface area contributed by atoms with Crippen molar-refractivity contribution in [2.24, 2.45) is 0 Å². The highest BCUT2D eigenvalue weighted by Crippen LogP contribution is 2.19. The Balaban J connectivity index is 2.47. The van der Waals surface area contributed by atoms with E-state index >= 15 is 0 Å². The summed E-state index contributed by atoms with van der Waals surface area (Å²) >= 11 is 3.28. The zero-order valence-corrected chi connectivity index (χ0v) is 10.5. The van der Waals surface area contributed by atoms with Crippen LogP contribution < -0.4 is 4.74 Å². The zero-order chi connectivity index (χ0) is 11.1. The van der Waals surface area contributed by atoms with Crippen LogP contribution in [0.5, 0.6) is 5.75 Å². The van der Waals surface area contributed by atoms with Crippen molar-refractivity contribution in [3.63, 3.8) is 0 Å². The van der Waals surface area contributed by atoms with Crippen LogP contribution >= 0.6 is 15.9 Å². The number of alkyl halides is 1. The van der Waals surface area contributed by atoms with E-state index in [4.69, 9.17) is 4.74 Å². The molecular formula is C12H16BrFO. The average molecular weight is 275 g/mol. The Bertz CT molecular complexity index is 302. The lowest BCUT2D eigenvalue weighted by atomic mass is 10.2. The van der Waals surface area contributed by atoms with E-state index in [2.05, 4.69) is 22.9 Å². The molecule has 0 N–H and O–H groups in total. The van der Waals surface area contributed by atoms with Gasteiger partial charge in [-0.25, -0.2) is 4.39 Å². The molecule has 0 saturated heterocycles. The topological polar surface area (TPSA) is 9.23 Å². The lowest BCUT2D eigenvalue weighted by Gasteiger charge is -2.07. The summed E-state index contributed by atoms with van der Waals surface area (Å²) in [7, 11) is 0. The molecule has 0 spiro atoms. The molecule has 0 aliphatic rings. The molecule has 1 aromatic carbocycles. The maximum atomic E-state index is 13.4. The Morgan fingerprint density at radius 3 is 2.73 bits per heavy atom. The van der Waals surface area contributed by atoms with Gasteiger partial charge < -0.3 is 4.74 Å². The first kappa shape index (κ1) is 12.5. The summed E-state index contributed by atoms with van der Waals surface area (Å²) in [5, 5.41) is 0.667. The van der Waals surface area contributed by atoms with Gasteiger partial charge in [0.2, 0.25) is 0 Å². The molecule has 3 heteroatoms. The van der Waals surface area contributed by atoms with Gasteiger partial charge in [0.25, 0.3) is 0 Å². The van der Waals surface area contributed by atoms with E-state index in [1.165, 1.54) is 6.07 Å². The summed E-state index contributed by atoms with van der Waals surface area (Å²) in [5.74, 6) is 0.0826. The van der Waals surface area contributed by atoms with Crippen molar-refractivity contribution in [2.45, 2.75) is 31.5 Å². The van der Waals surface area contributed by atoms with Gasteiger partial charge in [0.15, 0.2) is 11.6 Å². The number of halogens is 2. The van der Waals surface area contributed by atoms with E-state index in [9.17, 15) is 4.39 Å². The molecule has 1 nitrogen and oxygen atoms in total. The summed E-state index contributed by atoms with van der Waals surface area (Å²) in [5.41, 5.74) is 0.924. The molecule has 0 atom stereocenters. The first-order chi connectivity index (χ1) is 7.27. The van der Waals surface area contributed by atoms with Gasteiger partial charge in [0.05, 0.1) is 6.61 Å². The Morgan fingerprint density at radius 2 is 2.13 bits per heavy atom. The van der Waals surface area contributed by atoms with Crippen molar-refractivity contribution >= 4 is 15.9 Å². The fourth-order valence-electron chi connectivity index (χ4n) is 1.28. The molecule has 0 aliphatic heterocycles. The molecule has 0 aromatic heterocycles. The number of unbranched alkanes of at least 4 members (excludes halogenated alkanes) is 2. The minimum absolute atomic E-state index is 0.275. The quantitative estimate of drug-likeness (QED) is 0.556. The van der Waals surface area contributed by atoms with Crippen LogP contribution in [-0.2, 0) is 5.33 Å². The van der Waals surface area contributed by atoms with E-state index in [0.29, 0.717) is 17.7 Å². The fourth-order valence-corrected chi connectivity index (χ4v) is 1.63. The Morgan fingerprint density at radius 1 is 1.33 bits per heavy atom. The zero-order valence-electron chi connectivity index (χ0n) is 8.93. The highest BCUT2D eigenvalue weighted by atomic mass is 79.9. The molecule has 0 unspecified atom stereocenters. The third-order valence-corrected chi connectivity index (χ3v) is 2.80. The van der Waals surface area contributed by atoms with Gasteiger partial charge in [-0.15, -0.1) is 0 Å². The molecule has 0 aliphatic carbocycles. The van der Waals surface area contributed by atoms with Crippen molar-refractivity contribution in [3.05, 3.63) is 29.6 Å². The maximum absolute atomic E-state index is 13.4. The lowest BCUT2D eigenvalue weighted by Crippen LogP contribution is -1.99. The third-order valence-electron chi connectivity index (χ3n) is 2.16. The van der Waals surface area contributed by atoms with Gasteiger partial charge in [0, 0.05) is 5.33 Å². The normalized spacial score (nSPS) is 10.3. The summed E-state index contributed by atoms with van der Waals surface area (Å²) in [6.07, 6.45) is 3.26. The van der Waals surface area contributed by atoms with Gasteiger partial charge in [-0.2, -0.15) is 0 Å². The van der Waals surface area contributed by atoms with Crippen LogP contribution in [0.3, 0.4) is 0 Å². The van der Waals surface area contributed by atoms with Crippen LogP contribution in [0.4, 0.5) is 4.39 Å². The van der Waals surface area contributed by atoms with E-state index in [0.717, 1.165) is 24.8 Å². The molecule has 0 radical (unpaired) electrons. The standard InChI is InChI=1S/C12H16BrFO/c1-2-3-4-7-15-12-6-5-10(9-13)8-11(12)14/h5-6,8H,2-4,7,9H2,1H3. The van der Waals surface area contributed by atoms with E-state index in [-0.39, 0.29) is 5.82 Å². The number of ether oxygens (including phenoxy) is 1. The molecule has 1 aromatic rings. The number of hydrogen-bond donors (Lipinski definition) is 0. The maximum Gasteiger partial charge on any atom is 0.165 e. The first-order valence-corrected chi connectivity index (χ1v) is 6.37. The Kier molecular flexibility index (Phi) is 5.69. The van der Waals surface area contributed by atoms with Crippen LogP contribution in [0.2, 0.25) is 0 Å². The second-order valence-electron chi connectivity index (χ2n) is 3.45. The van der Waals surface area contributed by atoms with Crippen molar-refractivity contribution in [3.8, 4) is 5.75 Å². The minimum Gasteiger partial charge on any atom is -0.491 e.